The highest BCUT2D eigenvalue weighted by Gasteiger charge is 2.10. The summed E-state index contributed by atoms with van der Waals surface area (Å²) in [6.07, 6.45) is 0. The van der Waals surface area contributed by atoms with Crippen molar-refractivity contribution in [2.45, 2.75) is 13.5 Å². The summed E-state index contributed by atoms with van der Waals surface area (Å²) in [7, 11) is 0. The average Bonchev–Trinajstić information content (AvgIpc) is 2.55. The summed E-state index contributed by atoms with van der Waals surface area (Å²) in [6, 6.07) is 7.36. The second-order valence-electron chi connectivity index (χ2n) is 3.49. The van der Waals surface area contributed by atoms with E-state index in [0.29, 0.717) is 11.3 Å². The molecule has 0 saturated carbocycles. The fraction of sp³-hybridized carbons (Fsp3) is 0.182. The number of benzene rings is 1. The number of rotatable bonds is 2. The number of nitrogens with zero attached hydrogens (tertiary/aromatic N) is 1. The molecule has 1 aromatic carbocycles. The SMILES string of the molecule is Cc1[nH]n(-c2ccc(Br)cc2)c(=O)c1CO. The van der Waals surface area contributed by atoms with Crippen molar-refractivity contribution in [3.05, 3.63) is 50.3 Å². The zero-order chi connectivity index (χ0) is 11.7. The quantitative estimate of drug-likeness (QED) is 0.881. The maximum absolute atomic E-state index is 11.9. The van der Waals surface area contributed by atoms with E-state index in [1.807, 2.05) is 24.3 Å². The third kappa shape index (κ3) is 1.83. The van der Waals surface area contributed by atoms with Crippen LogP contribution in [-0.4, -0.2) is 14.9 Å². The molecule has 0 saturated heterocycles. The Morgan fingerprint density at radius 2 is 2.00 bits per heavy atom. The number of aromatic nitrogens is 2. The second-order valence-corrected chi connectivity index (χ2v) is 4.41. The molecule has 1 aromatic heterocycles. The topological polar surface area (TPSA) is 58.0 Å². The van der Waals surface area contributed by atoms with Gasteiger partial charge in [0.2, 0.25) is 0 Å². The van der Waals surface area contributed by atoms with Crippen LogP contribution in [0.4, 0.5) is 0 Å². The van der Waals surface area contributed by atoms with Gasteiger partial charge in [-0.2, -0.15) is 0 Å². The molecular weight excluding hydrogens is 272 g/mol. The van der Waals surface area contributed by atoms with E-state index in [-0.39, 0.29) is 12.2 Å². The summed E-state index contributed by atoms with van der Waals surface area (Å²) >= 11 is 3.33. The molecule has 0 fully saturated rings. The Morgan fingerprint density at radius 1 is 1.38 bits per heavy atom. The first-order chi connectivity index (χ1) is 7.63. The smallest absolute Gasteiger partial charge is 0.277 e. The van der Waals surface area contributed by atoms with E-state index in [0.717, 1.165) is 10.2 Å². The van der Waals surface area contributed by atoms with Gasteiger partial charge in [-0.1, -0.05) is 15.9 Å². The van der Waals surface area contributed by atoms with Gasteiger partial charge in [-0.25, -0.2) is 4.68 Å². The van der Waals surface area contributed by atoms with Crippen molar-refractivity contribution in [2.24, 2.45) is 0 Å². The third-order valence-corrected chi connectivity index (χ3v) is 2.97. The Labute approximate surface area is 101 Å². The van der Waals surface area contributed by atoms with Crippen molar-refractivity contribution in [3.63, 3.8) is 0 Å². The van der Waals surface area contributed by atoms with Crippen LogP contribution in [0.1, 0.15) is 11.3 Å². The number of aromatic amines is 1. The molecule has 2 N–H and O–H groups in total. The third-order valence-electron chi connectivity index (χ3n) is 2.44. The van der Waals surface area contributed by atoms with Crippen LogP contribution in [0.5, 0.6) is 0 Å². The van der Waals surface area contributed by atoms with Crippen molar-refractivity contribution < 1.29 is 5.11 Å². The monoisotopic (exact) mass is 282 g/mol. The molecule has 16 heavy (non-hydrogen) atoms. The lowest BCUT2D eigenvalue weighted by atomic mass is 10.3. The molecule has 0 aliphatic heterocycles. The van der Waals surface area contributed by atoms with Gasteiger partial charge in [0, 0.05) is 10.2 Å². The average molecular weight is 283 g/mol. The molecule has 84 valence electrons. The van der Waals surface area contributed by atoms with Crippen LogP contribution in [0, 0.1) is 6.92 Å². The van der Waals surface area contributed by atoms with Crippen LogP contribution >= 0.6 is 15.9 Å². The highest BCUT2D eigenvalue weighted by Crippen LogP contribution is 2.13. The summed E-state index contributed by atoms with van der Waals surface area (Å²) in [5.41, 5.74) is 1.64. The predicted octanol–water partition coefficient (Wildman–Crippen LogP) is 1.73. The van der Waals surface area contributed by atoms with Gasteiger partial charge in [-0.15, -0.1) is 0 Å². The molecule has 2 rings (SSSR count). The molecule has 0 unspecified atom stereocenters. The zero-order valence-electron chi connectivity index (χ0n) is 8.70. The summed E-state index contributed by atoms with van der Waals surface area (Å²) in [5.74, 6) is 0. The Bertz CT molecular complexity index is 554. The van der Waals surface area contributed by atoms with E-state index in [1.54, 1.807) is 6.92 Å². The lowest BCUT2D eigenvalue weighted by molar-refractivity contribution is 0.280. The van der Waals surface area contributed by atoms with Gasteiger partial charge in [0.15, 0.2) is 0 Å². The Kier molecular flexibility index (Phi) is 2.98. The number of nitrogens with one attached hydrogen (secondary N) is 1. The molecule has 0 radical (unpaired) electrons. The second kappa shape index (κ2) is 4.27. The highest BCUT2D eigenvalue weighted by molar-refractivity contribution is 9.10. The lowest BCUT2D eigenvalue weighted by Crippen LogP contribution is -2.17. The minimum Gasteiger partial charge on any atom is -0.391 e. The first-order valence-electron chi connectivity index (χ1n) is 4.81. The molecule has 4 nitrogen and oxygen atoms in total. The maximum Gasteiger partial charge on any atom is 0.277 e. The zero-order valence-corrected chi connectivity index (χ0v) is 10.3. The number of hydrogen-bond donors (Lipinski definition) is 2. The maximum atomic E-state index is 11.9. The molecule has 5 heteroatoms. The first-order valence-corrected chi connectivity index (χ1v) is 5.60. The minimum atomic E-state index is -0.245. The number of aliphatic hydroxyl groups is 1. The van der Waals surface area contributed by atoms with Crippen molar-refractivity contribution in [3.8, 4) is 5.69 Å². The van der Waals surface area contributed by atoms with Gasteiger partial charge in [0.05, 0.1) is 17.9 Å². The fourth-order valence-electron chi connectivity index (χ4n) is 1.54. The van der Waals surface area contributed by atoms with E-state index in [2.05, 4.69) is 21.0 Å². The van der Waals surface area contributed by atoms with E-state index in [1.165, 1.54) is 4.68 Å². The van der Waals surface area contributed by atoms with Crippen molar-refractivity contribution >= 4 is 15.9 Å². The molecule has 0 bridgehead atoms. The molecule has 0 amide bonds. The van der Waals surface area contributed by atoms with Crippen LogP contribution in [0.25, 0.3) is 5.69 Å². The van der Waals surface area contributed by atoms with Gasteiger partial charge in [-0.05, 0) is 31.2 Å². The summed E-state index contributed by atoms with van der Waals surface area (Å²) in [6.45, 7) is 1.52. The van der Waals surface area contributed by atoms with E-state index in [4.69, 9.17) is 5.11 Å². The van der Waals surface area contributed by atoms with Crippen molar-refractivity contribution in [2.75, 3.05) is 0 Å². The van der Waals surface area contributed by atoms with Gasteiger partial charge in [0.25, 0.3) is 5.56 Å². The summed E-state index contributed by atoms with van der Waals surface area (Å²) in [4.78, 5) is 11.9. The lowest BCUT2D eigenvalue weighted by Gasteiger charge is -2.00. The van der Waals surface area contributed by atoms with Gasteiger partial charge >= 0.3 is 0 Å². The van der Waals surface area contributed by atoms with Crippen molar-refractivity contribution in [1.29, 1.82) is 0 Å². The highest BCUT2D eigenvalue weighted by atomic mass is 79.9. The molecule has 2 aromatic rings. The van der Waals surface area contributed by atoms with Crippen LogP contribution in [0.15, 0.2) is 33.5 Å². The van der Waals surface area contributed by atoms with Gasteiger partial charge in [-0.3, -0.25) is 9.89 Å². The number of H-pyrrole nitrogens is 1. The minimum absolute atomic E-state index is 0.206. The predicted molar refractivity (Wildman–Crippen MR) is 64.7 cm³/mol. The Morgan fingerprint density at radius 3 is 2.50 bits per heavy atom. The summed E-state index contributed by atoms with van der Waals surface area (Å²) in [5, 5.41) is 12.0. The number of aryl methyl sites for hydroxylation is 1. The van der Waals surface area contributed by atoms with Crippen molar-refractivity contribution in [1.82, 2.24) is 9.78 Å². The van der Waals surface area contributed by atoms with Crippen LogP contribution in [0.3, 0.4) is 0 Å². The Hall–Kier alpha value is -1.33. The van der Waals surface area contributed by atoms with E-state index in [9.17, 15) is 4.79 Å². The number of halogens is 1. The molecule has 0 atom stereocenters. The number of aliphatic hydroxyl groups excluding tert-OH is 1. The fourth-order valence-corrected chi connectivity index (χ4v) is 1.80. The normalized spacial score (nSPS) is 10.7. The molecule has 1 heterocycles. The number of hydrogen-bond acceptors (Lipinski definition) is 2. The molecule has 0 spiro atoms. The summed E-state index contributed by atoms with van der Waals surface area (Å²) < 4.78 is 2.38. The molecular formula is C11H11BrN2O2. The molecule has 0 aliphatic rings. The van der Waals surface area contributed by atoms with E-state index < -0.39 is 0 Å². The van der Waals surface area contributed by atoms with Crippen LogP contribution < -0.4 is 5.56 Å². The Balaban J connectivity index is 2.57. The molecule has 0 aliphatic carbocycles. The van der Waals surface area contributed by atoms with Crippen LogP contribution in [0.2, 0.25) is 0 Å². The van der Waals surface area contributed by atoms with Gasteiger partial charge in [0.1, 0.15) is 0 Å². The first kappa shape index (κ1) is 11.2. The largest absolute Gasteiger partial charge is 0.391 e. The van der Waals surface area contributed by atoms with Gasteiger partial charge < -0.3 is 5.11 Å². The standard InChI is InChI=1S/C11H11BrN2O2/c1-7-10(6-15)11(16)14(13-7)9-4-2-8(12)3-5-9/h2-5,13,15H,6H2,1H3. The van der Waals surface area contributed by atoms with Crippen LogP contribution in [-0.2, 0) is 6.61 Å². The van der Waals surface area contributed by atoms with E-state index >= 15 is 0 Å².